The molecule has 4 amide bonds. The van der Waals surface area contributed by atoms with Crippen molar-refractivity contribution in [3.05, 3.63) is 47.2 Å². The smallest absolute Gasteiger partial charge is 0.258 e. The molecule has 0 bridgehead atoms. The van der Waals surface area contributed by atoms with Gasteiger partial charge in [0.25, 0.3) is 11.8 Å². The average molecular weight is 437 g/mol. The largest absolute Gasteiger partial charge is 0.475 e. The maximum Gasteiger partial charge on any atom is 0.258 e. The maximum absolute atomic E-state index is 12.8. The van der Waals surface area contributed by atoms with Crippen LogP contribution in [0.3, 0.4) is 0 Å². The van der Waals surface area contributed by atoms with E-state index in [-0.39, 0.29) is 43.3 Å². The summed E-state index contributed by atoms with van der Waals surface area (Å²) in [5.41, 5.74) is 1.41. The maximum atomic E-state index is 12.8. The quantitative estimate of drug-likeness (QED) is 0.657. The van der Waals surface area contributed by atoms with Gasteiger partial charge in [0, 0.05) is 36.4 Å². The first kappa shape index (κ1) is 21.4. The number of carbonyl (C=O) groups is 4. The Morgan fingerprint density at radius 3 is 2.88 bits per heavy atom. The summed E-state index contributed by atoms with van der Waals surface area (Å²) in [4.78, 5) is 58.7. The minimum absolute atomic E-state index is 0.0185. The molecule has 0 radical (unpaired) electrons. The molecule has 166 valence electrons. The van der Waals surface area contributed by atoms with Crippen LogP contribution in [0.1, 0.15) is 59.4 Å². The summed E-state index contributed by atoms with van der Waals surface area (Å²) in [6.07, 6.45) is 2.76. The molecule has 0 saturated carbocycles. The number of benzene rings is 1. The monoisotopic (exact) mass is 437 g/mol. The molecule has 0 spiro atoms. The fourth-order valence-corrected chi connectivity index (χ4v) is 3.65. The van der Waals surface area contributed by atoms with E-state index in [4.69, 9.17) is 4.74 Å². The van der Waals surface area contributed by atoms with E-state index in [9.17, 15) is 19.2 Å². The first-order valence-electron chi connectivity index (χ1n) is 10.4. The highest BCUT2D eigenvalue weighted by Crippen LogP contribution is 2.28. The third-order valence-corrected chi connectivity index (χ3v) is 5.54. The lowest BCUT2D eigenvalue weighted by atomic mass is 10.0. The van der Waals surface area contributed by atoms with E-state index in [0.29, 0.717) is 22.6 Å². The van der Waals surface area contributed by atoms with Gasteiger partial charge in [0.1, 0.15) is 6.04 Å². The Bertz CT molecular complexity index is 1100. The number of aromatic nitrogens is 2. The van der Waals surface area contributed by atoms with Gasteiger partial charge < -0.3 is 9.64 Å². The predicted molar refractivity (Wildman–Crippen MR) is 113 cm³/mol. The molecule has 2 aromatic rings. The number of nitrogens with one attached hydrogen (secondary N) is 2. The van der Waals surface area contributed by atoms with Crippen LogP contribution >= 0.6 is 0 Å². The lowest BCUT2D eigenvalue weighted by Crippen LogP contribution is -2.52. The number of hydrogen-bond donors (Lipinski definition) is 2. The van der Waals surface area contributed by atoms with Crippen molar-refractivity contribution < 1.29 is 23.9 Å². The van der Waals surface area contributed by atoms with E-state index in [0.717, 1.165) is 6.42 Å². The van der Waals surface area contributed by atoms with Crippen molar-refractivity contribution in [2.45, 2.75) is 51.8 Å². The summed E-state index contributed by atoms with van der Waals surface area (Å²) in [6.45, 7) is 4.11. The normalized spacial score (nSPS) is 18.8. The molecule has 1 aromatic carbocycles. The second kappa shape index (κ2) is 8.74. The van der Waals surface area contributed by atoms with Gasteiger partial charge in [-0.1, -0.05) is 6.92 Å². The van der Waals surface area contributed by atoms with E-state index in [1.165, 1.54) is 11.1 Å². The zero-order valence-corrected chi connectivity index (χ0v) is 17.8. The SMILES string of the molecule is CCC(C)Oc1ccnc(NC(=O)c2ccc3c(c2)CN(C2CCC(=O)NC2=O)C3=O)n1. The summed E-state index contributed by atoms with van der Waals surface area (Å²) in [6, 6.07) is 5.65. The van der Waals surface area contributed by atoms with Crippen molar-refractivity contribution in [1.82, 2.24) is 20.2 Å². The van der Waals surface area contributed by atoms with Gasteiger partial charge >= 0.3 is 0 Å². The highest BCUT2D eigenvalue weighted by atomic mass is 16.5. The first-order chi connectivity index (χ1) is 15.4. The fraction of sp³-hybridized carbons (Fsp3) is 0.364. The Kier molecular flexibility index (Phi) is 5.85. The molecule has 2 aliphatic rings. The second-order valence-corrected chi connectivity index (χ2v) is 7.78. The van der Waals surface area contributed by atoms with Gasteiger partial charge in [-0.25, -0.2) is 4.98 Å². The highest BCUT2D eigenvalue weighted by molar-refractivity contribution is 6.07. The fourth-order valence-electron chi connectivity index (χ4n) is 3.65. The van der Waals surface area contributed by atoms with E-state index in [1.807, 2.05) is 13.8 Å². The molecule has 32 heavy (non-hydrogen) atoms. The Balaban J connectivity index is 1.47. The number of imide groups is 1. The van der Waals surface area contributed by atoms with Crippen molar-refractivity contribution in [1.29, 1.82) is 0 Å². The molecular formula is C22H23N5O5. The highest BCUT2D eigenvalue weighted by Gasteiger charge is 2.39. The Hall–Kier alpha value is -3.82. The van der Waals surface area contributed by atoms with Crippen LogP contribution in [-0.4, -0.2) is 50.6 Å². The number of anilines is 1. The van der Waals surface area contributed by atoms with Gasteiger partial charge in [0.15, 0.2) is 0 Å². The summed E-state index contributed by atoms with van der Waals surface area (Å²) in [5.74, 6) is -1.06. The number of piperidine rings is 1. The number of fused-ring (bicyclic) bond motifs is 1. The molecule has 10 heteroatoms. The van der Waals surface area contributed by atoms with Crippen molar-refractivity contribution in [2.75, 3.05) is 5.32 Å². The number of carbonyl (C=O) groups excluding carboxylic acids is 4. The Morgan fingerprint density at radius 1 is 1.31 bits per heavy atom. The first-order valence-corrected chi connectivity index (χ1v) is 10.4. The molecule has 2 atom stereocenters. The van der Waals surface area contributed by atoms with Gasteiger partial charge in [-0.05, 0) is 43.5 Å². The topological polar surface area (TPSA) is 131 Å². The van der Waals surface area contributed by atoms with Crippen LogP contribution in [0.4, 0.5) is 5.95 Å². The Morgan fingerprint density at radius 2 is 2.12 bits per heavy atom. The minimum atomic E-state index is -0.702. The number of nitrogens with zero attached hydrogens (tertiary/aromatic N) is 3. The van der Waals surface area contributed by atoms with Gasteiger partial charge in [-0.15, -0.1) is 0 Å². The lowest BCUT2D eigenvalue weighted by Gasteiger charge is -2.29. The third kappa shape index (κ3) is 4.29. The van der Waals surface area contributed by atoms with Crippen LogP contribution < -0.4 is 15.4 Å². The average Bonchev–Trinajstić information content (AvgIpc) is 3.09. The molecule has 3 heterocycles. The third-order valence-electron chi connectivity index (χ3n) is 5.54. The molecule has 4 rings (SSSR count). The van der Waals surface area contributed by atoms with Crippen LogP contribution in [0, 0.1) is 0 Å². The van der Waals surface area contributed by atoms with Gasteiger partial charge in [0.2, 0.25) is 23.6 Å². The minimum Gasteiger partial charge on any atom is -0.475 e. The second-order valence-electron chi connectivity index (χ2n) is 7.78. The zero-order valence-electron chi connectivity index (χ0n) is 17.8. The lowest BCUT2D eigenvalue weighted by molar-refractivity contribution is -0.136. The molecule has 0 aliphatic carbocycles. The number of amides is 4. The van der Waals surface area contributed by atoms with Crippen molar-refractivity contribution in [3.8, 4) is 5.88 Å². The molecule has 2 unspecified atom stereocenters. The van der Waals surface area contributed by atoms with Crippen LogP contribution in [0.5, 0.6) is 5.88 Å². The van der Waals surface area contributed by atoms with Crippen LogP contribution in [0.15, 0.2) is 30.5 Å². The standard InChI is InChI=1S/C22H23N5O5/c1-3-12(2)32-18-8-9-23-22(25-18)26-19(29)13-4-5-15-14(10-13)11-27(21(15)31)16-6-7-17(28)24-20(16)30/h4-5,8-10,12,16H,3,6-7,11H2,1-2H3,(H,24,28,30)(H,23,25,26,29). The Labute approximate surface area is 184 Å². The molecule has 1 saturated heterocycles. The summed E-state index contributed by atoms with van der Waals surface area (Å²) < 4.78 is 5.65. The van der Waals surface area contributed by atoms with Crippen LogP contribution in [-0.2, 0) is 16.1 Å². The molecule has 1 fully saturated rings. The van der Waals surface area contributed by atoms with Crippen LogP contribution in [0.25, 0.3) is 0 Å². The van der Waals surface area contributed by atoms with Crippen molar-refractivity contribution in [2.24, 2.45) is 0 Å². The summed E-state index contributed by atoms with van der Waals surface area (Å²) >= 11 is 0. The molecule has 2 aliphatic heterocycles. The van der Waals surface area contributed by atoms with Crippen molar-refractivity contribution in [3.63, 3.8) is 0 Å². The van der Waals surface area contributed by atoms with Gasteiger partial charge in [-0.2, -0.15) is 4.98 Å². The van der Waals surface area contributed by atoms with Gasteiger partial charge in [0.05, 0.1) is 6.10 Å². The van der Waals surface area contributed by atoms with Crippen molar-refractivity contribution >= 4 is 29.6 Å². The molecule has 1 aromatic heterocycles. The number of hydrogen-bond acceptors (Lipinski definition) is 7. The van der Waals surface area contributed by atoms with E-state index >= 15 is 0 Å². The van der Waals surface area contributed by atoms with Crippen LogP contribution in [0.2, 0.25) is 0 Å². The molecular weight excluding hydrogens is 414 g/mol. The zero-order chi connectivity index (χ0) is 22.8. The number of rotatable bonds is 6. The van der Waals surface area contributed by atoms with E-state index in [1.54, 1.807) is 24.3 Å². The van der Waals surface area contributed by atoms with Gasteiger partial charge in [-0.3, -0.25) is 29.8 Å². The van der Waals surface area contributed by atoms with E-state index in [2.05, 4.69) is 20.6 Å². The predicted octanol–water partition coefficient (Wildman–Crippen LogP) is 1.67. The van der Waals surface area contributed by atoms with E-state index < -0.39 is 17.9 Å². The molecule has 10 nitrogen and oxygen atoms in total. The summed E-state index contributed by atoms with van der Waals surface area (Å²) in [5, 5.41) is 4.91. The summed E-state index contributed by atoms with van der Waals surface area (Å²) in [7, 11) is 0. The molecule has 2 N–H and O–H groups in total. The number of ether oxygens (including phenoxy) is 1.